The lowest BCUT2D eigenvalue weighted by atomic mass is 10.1. The molecule has 1 aliphatic rings. The molecular formula is C15H15N3O2. The minimum absolute atomic E-state index is 0.644. The zero-order valence-electron chi connectivity index (χ0n) is 11.2. The molecule has 0 atom stereocenters. The monoisotopic (exact) mass is 269 g/mol. The topological polar surface area (TPSA) is 55.3 Å². The predicted molar refractivity (Wildman–Crippen MR) is 76.2 cm³/mol. The van der Waals surface area contributed by atoms with Gasteiger partial charge in [0.25, 0.3) is 0 Å². The molecule has 0 spiro atoms. The van der Waals surface area contributed by atoms with E-state index in [4.69, 9.17) is 4.74 Å². The second kappa shape index (κ2) is 5.28. The summed E-state index contributed by atoms with van der Waals surface area (Å²) in [6.07, 6.45) is 2.00. The zero-order chi connectivity index (χ0) is 13.9. The molecule has 0 unspecified atom stereocenters. The fraction of sp³-hybridized carbons (Fsp3) is 0.267. The van der Waals surface area contributed by atoms with Gasteiger partial charge in [-0.25, -0.2) is 0 Å². The van der Waals surface area contributed by atoms with Gasteiger partial charge in [0.15, 0.2) is 11.6 Å². The summed E-state index contributed by atoms with van der Waals surface area (Å²) in [5.41, 5.74) is 2.30. The molecule has 0 bridgehead atoms. The highest BCUT2D eigenvalue weighted by molar-refractivity contribution is 5.76. The lowest BCUT2D eigenvalue weighted by Crippen LogP contribution is -2.38. The van der Waals surface area contributed by atoms with Gasteiger partial charge in [-0.05, 0) is 6.42 Å². The highest BCUT2D eigenvalue weighted by Crippen LogP contribution is 2.31. The molecule has 0 saturated carbocycles. The number of rotatable bonds is 4. The first-order chi connectivity index (χ1) is 9.81. The third kappa shape index (κ3) is 2.22. The van der Waals surface area contributed by atoms with Crippen LogP contribution in [-0.4, -0.2) is 36.7 Å². The number of hydrogen-bond donors (Lipinski definition) is 0. The van der Waals surface area contributed by atoms with Crippen LogP contribution >= 0.6 is 0 Å². The quantitative estimate of drug-likeness (QED) is 0.796. The molecule has 1 fully saturated rings. The zero-order valence-corrected chi connectivity index (χ0v) is 11.2. The number of nitrogens with zero attached hydrogens (tertiary/aromatic N) is 3. The molecule has 3 rings (SSSR count). The van der Waals surface area contributed by atoms with Gasteiger partial charge in [-0.2, -0.15) is 0 Å². The van der Waals surface area contributed by atoms with Crippen molar-refractivity contribution >= 4 is 12.1 Å². The van der Waals surface area contributed by atoms with Crippen molar-refractivity contribution < 1.29 is 9.53 Å². The normalized spacial score (nSPS) is 13.8. The maximum absolute atomic E-state index is 10.7. The minimum Gasteiger partial charge on any atom is -0.493 e. The highest BCUT2D eigenvalue weighted by atomic mass is 16.5. The maximum atomic E-state index is 10.7. The van der Waals surface area contributed by atoms with E-state index in [1.54, 1.807) is 19.2 Å². The number of carbonyl (C=O) groups excluding carboxylic acids is 1. The number of hydrogen-bond acceptors (Lipinski definition) is 5. The Balaban J connectivity index is 1.94. The highest BCUT2D eigenvalue weighted by Gasteiger charge is 2.21. The largest absolute Gasteiger partial charge is 0.493 e. The summed E-state index contributed by atoms with van der Waals surface area (Å²) in [5.74, 6) is 1.53. The third-order valence-corrected chi connectivity index (χ3v) is 3.46. The number of ether oxygens (including phenoxy) is 1. The molecule has 0 amide bonds. The molecule has 102 valence electrons. The van der Waals surface area contributed by atoms with E-state index >= 15 is 0 Å². The van der Waals surface area contributed by atoms with Gasteiger partial charge in [0, 0.05) is 30.3 Å². The van der Waals surface area contributed by atoms with Gasteiger partial charge in [0.05, 0.1) is 12.8 Å². The molecule has 1 aliphatic heterocycles. The lowest BCUT2D eigenvalue weighted by molar-refractivity contribution is 0.112. The van der Waals surface area contributed by atoms with Gasteiger partial charge in [-0.15, -0.1) is 10.2 Å². The first-order valence-corrected chi connectivity index (χ1v) is 6.54. The molecule has 0 aliphatic carbocycles. The van der Waals surface area contributed by atoms with E-state index in [-0.39, 0.29) is 0 Å². The van der Waals surface area contributed by atoms with Gasteiger partial charge in [0.1, 0.15) is 6.29 Å². The van der Waals surface area contributed by atoms with E-state index in [1.807, 2.05) is 18.2 Å². The summed E-state index contributed by atoms with van der Waals surface area (Å²) in [6, 6.07) is 9.13. The van der Waals surface area contributed by atoms with Gasteiger partial charge in [-0.1, -0.05) is 24.3 Å². The Labute approximate surface area is 117 Å². The van der Waals surface area contributed by atoms with Crippen LogP contribution in [0.2, 0.25) is 0 Å². The van der Waals surface area contributed by atoms with Crippen molar-refractivity contribution in [3.8, 4) is 17.0 Å². The number of carbonyl (C=O) groups is 1. The summed E-state index contributed by atoms with van der Waals surface area (Å²) in [7, 11) is 1.64. The van der Waals surface area contributed by atoms with Gasteiger partial charge in [-0.3, -0.25) is 4.79 Å². The molecule has 1 aromatic heterocycles. The Kier molecular flexibility index (Phi) is 3.33. The minimum atomic E-state index is 0.644. The van der Waals surface area contributed by atoms with Crippen molar-refractivity contribution in [2.24, 2.45) is 0 Å². The van der Waals surface area contributed by atoms with Crippen LogP contribution in [0.5, 0.6) is 5.75 Å². The van der Waals surface area contributed by atoms with Crippen LogP contribution in [0.1, 0.15) is 16.8 Å². The van der Waals surface area contributed by atoms with E-state index < -0.39 is 0 Å². The lowest BCUT2D eigenvalue weighted by Gasteiger charge is -2.32. The fourth-order valence-corrected chi connectivity index (χ4v) is 2.14. The van der Waals surface area contributed by atoms with Crippen LogP contribution in [-0.2, 0) is 0 Å². The number of benzene rings is 1. The Bertz CT molecular complexity index is 622. The average molecular weight is 269 g/mol. The second-order valence-electron chi connectivity index (χ2n) is 4.70. The van der Waals surface area contributed by atoms with E-state index in [9.17, 15) is 4.79 Å². The van der Waals surface area contributed by atoms with Crippen LogP contribution in [0, 0.1) is 0 Å². The van der Waals surface area contributed by atoms with E-state index in [1.165, 1.54) is 6.42 Å². The molecule has 20 heavy (non-hydrogen) atoms. The summed E-state index contributed by atoms with van der Waals surface area (Å²) >= 11 is 0. The summed E-state index contributed by atoms with van der Waals surface area (Å²) < 4.78 is 5.41. The average Bonchev–Trinajstić information content (AvgIpc) is 2.46. The fourth-order valence-electron chi connectivity index (χ4n) is 2.14. The van der Waals surface area contributed by atoms with Crippen molar-refractivity contribution in [2.75, 3.05) is 25.1 Å². The first-order valence-electron chi connectivity index (χ1n) is 6.54. The SMILES string of the molecule is COc1cc(-c2ccc(C=O)cc2)nnc1N1CCC1. The van der Waals surface area contributed by atoms with Crippen molar-refractivity contribution in [3.63, 3.8) is 0 Å². The Morgan fingerprint density at radius 2 is 1.95 bits per heavy atom. The van der Waals surface area contributed by atoms with Crippen LogP contribution in [0.3, 0.4) is 0 Å². The molecule has 2 aromatic rings. The molecule has 2 heterocycles. The number of anilines is 1. The maximum Gasteiger partial charge on any atom is 0.193 e. The van der Waals surface area contributed by atoms with Gasteiger partial charge < -0.3 is 9.64 Å². The number of methoxy groups -OCH3 is 1. The molecule has 1 aromatic carbocycles. The molecule has 0 N–H and O–H groups in total. The van der Waals surface area contributed by atoms with E-state index in [0.717, 1.165) is 42.2 Å². The van der Waals surface area contributed by atoms with Crippen molar-refractivity contribution in [2.45, 2.75) is 6.42 Å². The van der Waals surface area contributed by atoms with E-state index in [0.29, 0.717) is 5.56 Å². The molecule has 5 nitrogen and oxygen atoms in total. The van der Waals surface area contributed by atoms with Crippen molar-refractivity contribution in [1.29, 1.82) is 0 Å². The number of aromatic nitrogens is 2. The van der Waals surface area contributed by atoms with Crippen molar-refractivity contribution in [1.82, 2.24) is 10.2 Å². The summed E-state index contributed by atoms with van der Waals surface area (Å²) in [6.45, 7) is 2.00. The Morgan fingerprint density at radius 3 is 2.50 bits per heavy atom. The molecule has 0 radical (unpaired) electrons. The van der Waals surface area contributed by atoms with Crippen LogP contribution in [0.4, 0.5) is 5.82 Å². The number of aldehydes is 1. The predicted octanol–water partition coefficient (Wildman–Crippen LogP) is 2.17. The van der Waals surface area contributed by atoms with Crippen LogP contribution in [0.25, 0.3) is 11.3 Å². The standard InChI is InChI=1S/C15H15N3O2/c1-20-14-9-13(12-5-3-11(10-19)4-6-12)16-17-15(14)18-7-2-8-18/h3-6,9-10H,2,7-8H2,1H3. The third-order valence-electron chi connectivity index (χ3n) is 3.46. The Hall–Kier alpha value is -2.43. The van der Waals surface area contributed by atoms with E-state index in [2.05, 4.69) is 15.1 Å². The van der Waals surface area contributed by atoms with Crippen LogP contribution in [0.15, 0.2) is 30.3 Å². The Morgan fingerprint density at radius 1 is 1.20 bits per heavy atom. The second-order valence-corrected chi connectivity index (χ2v) is 4.70. The van der Waals surface area contributed by atoms with Gasteiger partial charge >= 0.3 is 0 Å². The van der Waals surface area contributed by atoms with Crippen molar-refractivity contribution in [3.05, 3.63) is 35.9 Å². The molecule has 1 saturated heterocycles. The molecule has 5 heteroatoms. The summed E-state index contributed by atoms with van der Waals surface area (Å²) in [5, 5.41) is 8.53. The van der Waals surface area contributed by atoms with Crippen LogP contribution < -0.4 is 9.64 Å². The summed E-state index contributed by atoms with van der Waals surface area (Å²) in [4.78, 5) is 12.8. The van der Waals surface area contributed by atoms with Gasteiger partial charge in [0.2, 0.25) is 0 Å². The smallest absolute Gasteiger partial charge is 0.193 e. The molecular weight excluding hydrogens is 254 g/mol. The first kappa shape index (κ1) is 12.6.